The van der Waals surface area contributed by atoms with Crippen LogP contribution in [0.3, 0.4) is 0 Å². The van der Waals surface area contributed by atoms with Crippen LogP contribution in [0.4, 0.5) is 0 Å². The molecule has 2 rings (SSSR count). The van der Waals surface area contributed by atoms with Crippen molar-refractivity contribution in [3.05, 3.63) is 24.3 Å². The first kappa shape index (κ1) is 21.2. The largest absolute Gasteiger partial charge is 0.491 e. The number of hydrogen-bond donors (Lipinski definition) is 1. The molecule has 0 radical (unpaired) electrons. The molecule has 0 spiro atoms. The van der Waals surface area contributed by atoms with Gasteiger partial charge in [-0.15, -0.1) is 12.4 Å². The van der Waals surface area contributed by atoms with Crippen LogP contribution in [-0.2, 0) is 14.8 Å². The summed E-state index contributed by atoms with van der Waals surface area (Å²) in [6.45, 7) is 5.07. The summed E-state index contributed by atoms with van der Waals surface area (Å²) < 4.78 is 37.9. The van der Waals surface area contributed by atoms with E-state index in [1.165, 1.54) is 0 Å². The van der Waals surface area contributed by atoms with E-state index in [9.17, 15) is 8.42 Å². The molecule has 1 heterocycles. The van der Waals surface area contributed by atoms with Crippen LogP contribution < -0.4 is 10.1 Å². The zero-order chi connectivity index (χ0) is 16.7. The summed E-state index contributed by atoms with van der Waals surface area (Å²) in [4.78, 5) is 0.317. The van der Waals surface area contributed by atoms with E-state index in [0.717, 1.165) is 25.9 Å². The second kappa shape index (κ2) is 10.2. The van der Waals surface area contributed by atoms with Crippen molar-refractivity contribution in [1.29, 1.82) is 0 Å². The number of hydrogen-bond acceptors (Lipinski definition) is 5. The zero-order valence-electron chi connectivity index (χ0n) is 14.2. The highest BCUT2D eigenvalue weighted by Gasteiger charge is 2.32. The summed E-state index contributed by atoms with van der Waals surface area (Å²) >= 11 is 0. The molecule has 1 aromatic rings. The van der Waals surface area contributed by atoms with Crippen LogP contribution in [0.5, 0.6) is 5.75 Å². The second-order valence-corrected chi connectivity index (χ2v) is 7.47. The third kappa shape index (κ3) is 5.32. The first-order valence-corrected chi connectivity index (χ1v) is 9.48. The highest BCUT2D eigenvalue weighted by Crippen LogP contribution is 2.23. The molecule has 1 atom stereocenters. The molecule has 6 nitrogen and oxygen atoms in total. The van der Waals surface area contributed by atoms with E-state index in [4.69, 9.17) is 9.47 Å². The predicted octanol–water partition coefficient (Wildman–Crippen LogP) is 1.90. The fourth-order valence-corrected chi connectivity index (χ4v) is 4.44. The van der Waals surface area contributed by atoms with Crippen molar-refractivity contribution in [2.45, 2.75) is 30.7 Å². The van der Waals surface area contributed by atoms with Gasteiger partial charge in [0.1, 0.15) is 12.4 Å². The summed E-state index contributed by atoms with van der Waals surface area (Å²) in [7, 11) is -1.87. The lowest BCUT2D eigenvalue weighted by molar-refractivity contribution is 0.146. The number of sulfonamides is 1. The van der Waals surface area contributed by atoms with Crippen LogP contribution in [0.2, 0.25) is 0 Å². The lowest BCUT2D eigenvalue weighted by Crippen LogP contribution is -2.41. The molecule has 24 heavy (non-hydrogen) atoms. The van der Waals surface area contributed by atoms with Gasteiger partial charge >= 0.3 is 0 Å². The molecule has 8 heteroatoms. The van der Waals surface area contributed by atoms with Crippen LogP contribution in [0, 0.1) is 0 Å². The predicted molar refractivity (Wildman–Crippen MR) is 96.5 cm³/mol. The Bertz CT molecular complexity index is 574. The number of benzene rings is 1. The van der Waals surface area contributed by atoms with Crippen molar-refractivity contribution < 1.29 is 17.9 Å². The average Bonchev–Trinajstić information content (AvgIpc) is 3.07. The molecule has 1 aliphatic rings. The van der Waals surface area contributed by atoms with Crippen LogP contribution in [-0.4, -0.2) is 58.7 Å². The molecule has 0 aromatic heterocycles. The summed E-state index contributed by atoms with van der Waals surface area (Å²) in [5.74, 6) is 0.644. The molecule has 1 aliphatic heterocycles. The van der Waals surface area contributed by atoms with Gasteiger partial charge in [-0.3, -0.25) is 0 Å². The van der Waals surface area contributed by atoms with Crippen molar-refractivity contribution in [2.75, 3.05) is 40.0 Å². The maximum absolute atomic E-state index is 12.9. The van der Waals surface area contributed by atoms with Crippen LogP contribution in [0.25, 0.3) is 0 Å². The molecule has 138 valence electrons. The van der Waals surface area contributed by atoms with Crippen LogP contribution in [0.15, 0.2) is 29.2 Å². The third-order valence-corrected chi connectivity index (χ3v) is 5.84. The number of rotatable bonds is 9. The summed E-state index contributed by atoms with van der Waals surface area (Å²) in [6.07, 6.45) is 1.66. The highest BCUT2D eigenvalue weighted by molar-refractivity contribution is 7.89. The van der Waals surface area contributed by atoms with Gasteiger partial charge in [-0.25, -0.2) is 8.42 Å². The average molecular weight is 379 g/mol. The smallest absolute Gasteiger partial charge is 0.243 e. The Morgan fingerprint density at radius 3 is 2.50 bits per heavy atom. The number of nitrogens with zero attached hydrogens (tertiary/aromatic N) is 1. The summed E-state index contributed by atoms with van der Waals surface area (Å²) in [5, 5.41) is 3.23. The lowest BCUT2D eigenvalue weighted by atomic mass is 10.2. The molecule has 0 bridgehead atoms. The van der Waals surface area contributed by atoms with Crippen molar-refractivity contribution in [1.82, 2.24) is 9.62 Å². The quantitative estimate of drug-likeness (QED) is 0.665. The normalized spacial score (nSPS) is 17.7. The van der Waals surface area contributed by atoms with E-state index in [2.05, 4.69) is 5.32 Å². The fraction of sp³-hybridized carbons (Fsp3) is 0.625. The summed E-state index contributed by atoms with van der Waals surface area (Å²) in [6, 6.07) is 6.65. The van der Waals surface area contributed by atoms with E-state index >= 15 is 0 Å². The van der Waals surface area contributed by atoms with Gasteiger partial charge in [0.05, 0.1) is 11.5 Å². The Balaban J connectivity index is 0.00000288. The van der Waals surface area contributed by atoms with Gasteiger partial charge in [0.2, 0.25) is 10.0 Å². The van der Waals surface area contributed by atoms with Gasteiger partial charge in [-0.05, 0) is 43.7 Å². The Morgan fingerprint density at radius 2 is 1.96 bits per heavy atom. The third-order valence-electron chi connectivity index (χ3n) is 3.87. The number of nitrogens with one attached hydrogen (secondary N) is 1. The van der Waals surface area contributed by atoms with Gasteiger partial charge in [-0.1, -0.05) is 6.92 Å². The van der Waals surface area contributed by atoms with Crippen molar-refractivity contribution in [2.24, 2.45) is 0 Å². The van der Waals surface area contributed by atoms with E-state index in [-0.39, 0.29) is 18.4 Å². The van der Waals surface area contributed by atoms with Gasteiger partial charge < -0.3 is 14.8 Å². The van der Waals surface area contributed by atoms with Gasteiger partial charge in [0.15, 0.2) is 0 Å². The van der Waals surface area contributed by atoms with E-state index in [1.807, 2.05) is 6.92 Å². The SMILES string of the molecule is CCCN(C1CCNC1)S(=O)(=O)c1ccc(OCCOC)cc1.Cl. The molecular formula is C16H27ClN2O4S. The standard InChI is InChI=1S/C16H26N2O4S.ClH/c1-3-10-18(14-8-9-17-13-14)23(19,20)16-6-4-15(5-7-16)22-12-11-21-2;/h4-7,14,17H,3,8-13H2,1-2H3;1H. The molecule has 1 aromatic carbocycles. The topological polar surface area (TPSA) is 67.9 Å². The monoisotopic (exact) mass is 378 g/mol. The highest BCUT2D eigenvalue weighted by atomic mass is 35.5. The molecule has 1 fully saturated rings. The van der Waals surface area contributed by atoms with Crippen molar-refractivity contribution >= 4 is 22.4 Å². The second-order valence-electron chi connectivity index (χ2n) is 5.58. The van der Waals surface area contributed by atoms with E-state index in [1.54, 1.807) is 35.7 Å². The number of ether oxygens (including phenoxy) is 2. The molecular weight excluding hydrogens is 352 g/mol. The molecule has 0 amide bonds. The molecule has 0 saturated carbocycles. The first-order chi connectivity index (χ1) is 11.1. The minimum atomic E-state index is -3.48. The Labute approximate surface area is 151 Å². The molecule has 1 saturated heterocycles. The zero-order valence-corrected chi connectivity index (χ0v) is 15.9. The van der Waals surface area contributed by atoms with Gasteiger partial charge in [-0.2, -0.15) is 4.31 Å². The molecule has 1 unspecified atom stereocenters. The van der Waals surface area contributed by atoms with Crippen molar-refractivity contribution in [3.63, 3.8) is 0 Å². The Morgan fingerprint density at radius 1 is 1.25 bits per heavy atom. The Kier molecular flexibility index (Phi) is 9.01. The molecule has 1 N–H and O–H groups in total. The number of methoxy groups -OCH3 is 1. The minimum absolute atomic E-state index is 0. The fourth-order valence-electron chi connectivity index (χ4n) is 2.69. The maximum Gasteiger partial charge on any atom is 0.243 e. The van der Waals surface area contributed by atoms with Crippen LogP contribution >= 0.6 is 12.4 Å². The van der Waals surface area contributed by atoms with Gasteiger partial charge in [0, 0.05) is 26.2 Å². The molecule has 0 aliphatic carbocycles. The Hall–Kier alpha value is -0.860. The summed E-state index contributed by atoms with van der Waals surface area (Å²) in [5.41, 5.74) is 0. The first-order valence-electron chi connectivity index (χ1n) is 8.04. The van der Waals surface area contributed by atoms with E-state index in [0.29, 0.717) is 30.4 Å². The minimum Gasteiger partial charge on any atom is -0.491 e. The number of halogens is 1. The van der Waals surface area contributed by atoms with Crippen molar-refractivity contribution in [3.8, 4) is 5.75 Å². The maximum atomic E-state index is 12.9. The van der Waals surface area contributed by atoms with Crippen LogP contribution in [0.1, 0.15) is 19.8 Å². The van der Waals surface area contributed by atoms with E-state index < -0.39 is 10.0 Å². The lowest BCUT2D eigenvalue weighted by Gasteiger charge is -2.27. The van der Waals surface area contributed by atoms with Gasteiger partial charge in [0.25, 0.3) is 0 Å².